The second-order valence-corrected chi connectivity index (χ2v) is 6.71. The SMILES string of the molecule is CCCS(=O)(=O)Nc1ccc(Nc2ccccc2Cl)cn1. The minimum absolute atomic E-state index is 0.0777. The lowest BCUT2D eigenvalue weighted by Crippen LogP contribution is -2.16. The molecule has 1 aromatic carbocycles. The van der Waals surface area contributed by atoms with Crippen molar-refractivity contribution in [3.63, 3.8) is 0 Å². The maximum Gasteiger partial charge on any atom is 0.233 e. The number of rotatable bonds is 6. The lowest BCUT2D eigenvalue weighted by atomic mass is 10.3. The van der Waals surface area contributed by atoms with Crippen LogP contribution in [0, 0.1) is 0 Å². The van der Waals surface area contributed by atoms with Gasteiger partial charge in [0.1, 0.15) is 5.82 Å². The third kappa shape index (κ3) is 4.61. The van der Waals surface area contributed by atoms with Crippen LogP contribution in [0.1, 0.15) is 13.3 Å². The maximum atomic E-state index is 11.6. The average molecular weight is 326 g/mol. The van der Waals surface area contributed by atoms with Crippen LogP contribution in [0.3, 0.4) is 0 Å². The Bertz CT molecular complexity index is 702. The molecule has 0 radical (unpaired) electrons. The summed E-state index contributed by atoms with van der Waals surface area (Å²) in [7, 11) is -3.32. The number of hydrogen-bond donors (Lipinski definition) is 2. The van der Waals surface area contributed by atoms with Crippen molar-refractivity contribution in [3.8, 4) is 0 Å². The van der Waals surface area contributed by atoms with Gasteiger partial charge in [-0.2, -0.15) is 0 Å². The summed E-state index contributed by atoms with van der Waals surface area (Å²) in [5.41, 5.74) is 1.49. The van der Waals surface area contributed by atoms with E-state index in [1.807, 2.05) is 25.1 Å². The Hall–Kier alpha value is -1.79. The Labute approximate surface area is 129 Å². The van der Waals surface area contributed by atoms with Gasteiger partial charge in [-0.3, -0.25) is 4.72 Å². The fraction of sp³-hybridized carbons (Fsp3) is 0.214. The van der Waals surface area contributed by atoms with Crippen molar-refractivity contribution >= 4 is 38.8 Å². The van der Waals surface area contributed by atoms with Crippen LogP contribution >= 0.6 is 11.6 Å². The quantitative estimate of drug-likeness (QED) is 0.850. The van der Waals surface area contributed by atoms with Gasteiger partial charge in [0.2, 0.25) is 10.0 Å². The van der Waals surface area contributed by atoms with Crippen LogP contribution in [-0.4, -0.2) is 19.2 Å². The van der Waals surface area contributed by atoms with Gasteiger partial charge < -0.3 is 5.32 Å². The van der Waals surface area contributed by atoms with Gasteiger partial charge in [-0.25, -0.2) is 13.4 Å². The monoisotopic (exact) mass is 325 g/mol. The molecule has 7 heteroatoms. The van der Waals surface area contributed by atoms with E-state index < -0.39 is 10.0 Å². The van der Waals surface area contributed by atoms with Crippen molar-refractivity contribution < 1.29 is 8.42 Å². The Morgan fingerprint density at radius 1 is 1.19 bits per heavy atom. The smallest absolute Gasteiger partial charge is 0.233 e. The number of sulfonamides is 1. The second kappa shape index (κ2) is 6.78. The number of benzene rings is 1. The first-order valence-electron chi connectivity index (χ1n) is 6.48. The van der Waals surface area contributed by atoms with E-state index in [2.05, 4.69) is 15.0 Å². The minimum atomic E-state index is -3.32. The van der Waals surface area contributed by atoms with E-state index in [4.69, 9.17) is 11.6 Å². The molecule has 1 heterocycles. The number of halogens is 1. The molecule has 112 valence electrons. The Morgan fingerprint density at radius 2 is 1.95 bits per heavy atom. The summed E-state index contributed by atoms with van der Waals surface area (Å²) in [5, 5.41) is 3.72. The number of anilines is 3. The molecule has 0 saturated carbocycles. The topological polar surface area (TPSA) is 71.1 Å². The summed E-state index contributed by atoms with van der Waals surface area (Å²) in [6.45, 7) is 1.81. The number of nitrogens with one attached hydrogen (secondary N) is 2. The first-order chi connectivity index (χ1) is 10.00. The fourth-order valence-corrected chi connectivity index (χ4v) is 2.99. The molecule has 0 atom stereocenters. The predicted molar refractivity (Wildman–Crippen MR) is 86.7 cm³/mol. The highest BCUT2D eigenvalue weighted by molar-refractivity contribution is 7.92. The zero-order chi connectivity index (χ0) is 15.3. The van der Waals surface area contributed by atoms with E-state index in [1.165, 1.54) is 0 Å². The van der Waals surface area contributed by atoms with E-state index in [0.29, 0.717) is 17.3 Å². The standard InChI is InChI=1S/C14H16ClN3O2S/c1-2-9-21(19,20)18-14-8-7-11(10-16-14)17-13-6-4-3-5-12(13)15/h3-8,10,17H,2,9H2,1H3,(H,16,18). The fourth-order valence-electron chi connectivity index (χ4n) is 1.73. The molecule has 0 bridgehead atoms. The van der Waals surface area contributed by atoms with Crippen LogP contribution in [0.4, 0.5) is 17.2 Å². The highest BCUT2D eigenvalue weighted by atomic mass is 35.5. The van der Waals surface area contributed by atoms with Gasteiger partial charge in [0.05, 0.1) is 28.3 Å². The molecule has 0 aliphatic carbocycles. The van der Waals surface area contributed by atoms with Crippen LogP contribution in [0.5, 0.6) is 0 Å². The number of aromatic nitrogens is 1. The summed E-state index contributed by atoms with van der Waals surface area (Å²) in [4.78, 5) is 4.08. The van der Waals surface area contributed by atoms with Gasteiger partial charge in [0.15, 0.2) is 0 Å². The third-order valence-corrected chi connectivity index (χ3v) is 4.44. The molecule has 2 N–H and O–H groups in total. The van der Waals surface area contributed by atoms with Crippen molar-refractivity contribution in [3.05, 3.63) is 47.6 Å². The van der Waals surface area contributed by atoms with Crippen LogP contribution in [0.25, 0.3) is 0 Å². The van der Waals surface area contributed by atoms with Crippen molar-refractivity contribution in [1.82, 2.24) is 4.98 Å². The number of pyridine rings is 1. The van der Waals surface area contributed by atoms with Crippen molar-refractivity contribution in [2.24, 2.45) is 0 Å². The van der Waals surface area contributed by atoms with E-state index in [0.717, 1.165) is 11.4 Å². The molecule has 0 aliphatic heterocycles. The molecule has 1 aromatic heterocycles. The third-order valence-electron chi connectivity index (χ3n) is 2.65. The lowest BCUT2D eigenvalue weighted by molar-refractivity contribution is 0.599. The lowest BCUT2D eigenvalue weighted by Gasteiger charge is -2.09. The van der Waals surface area contributed by atoms with Crippen LogP contribution in [0.15, 0.2) is 42.6 Å². The molecule has 21 heavy (non-hydrogen) atoms. The highest BCUT2D eigenvalue weighted by Crippen LogP contribution is 2.24. The zero-order valence-electron chi connectivity index (χ0n) is 11.5. The first kappa shape index (κ1) is 15.6. The molecule has 0 saturated heterocycles. The molecule has 5 nitrogen and oxygen atoms in total. The van der Waals surface area contributed by atoms with Crippen molar-refractivity contribution in [1.29, 1.82) is 0 Å². The Balaban J connectivity index is 2.08. The van der Waals surface area contributed by atoms with Gasteiger partial charge in [-0.1, -0.05) is 30.7 Å². The Kier molecular flexibility index (Phi) is 5.03. The van der Waals surface area contributed by atoms with Gasteiger partial charge in [0.25, 0.3) is 0 Å². The molecule has 0 unspecified atom stereocenters. The molecule has 0 amide bonds. The van der Waals surface area contributed by atoms with Crippen molar-refractivity contribution in [2.45, 2.75) is 13.3 Å². The molecule has 0 fully saturated rings. The zero-order valence-corrected chi connectivity index (χ0v) is 13.1. The van der Waals surface area contributed by atoms with Crippen molar-refractivity contribution in [2.75, 3.05) is 15.8 Å². The molecular formula is C14H16ClN3O2S. The van der Waals surface area contributed by atoms with Crippen LogP contribution in [0.2, 0.25) is 5.02 Å². The largest absolute Gasteiger partial charge is 0.353 e. The number of nitrogens with zero attached hydrogens (tertiary/aromatic N) is 1. The van der Waals surface area contributed by atoms with Gasteiger partial charge in [0, 0.05) is 0 Å². The number of hydrogen-bond acceptors (Lipinski definition) is 4. The highest BCUT2D eigenvalue weighted by Gasteiger charge is 2.09. The summed E-state index contributed by atoms with van der Waals surface area (Å²) in [5.74, 6) is 0.377. The molecule has 0 spiro atoms. The van der Waals surface area contributed by atoms with E-state index in [-0.39, 0.29) is 5.75 Å². The Morgan fingerprint density at radius 3 is 2.57 bits per heavy atom. The molecular weight excluding hydrogens is 310 g/mol. The predicted octanol–water partition coefficient (Wildman–Crippen LogP) is 3.63. The molecule has 2 aromatic rings. The minimum Gasteiger partial charge on any atom is -0.353 e. The normalized spacial score (nSPS) is 11.1. The average Bonchev–Trinajstić information content (AvgIpc) is 2.43. The first-order valence-corrected chi connectivity index (χ1v) is 8.51. The van der Waals surface area contributed by atoms with E-state index in [9.17, 15) is 8.42 Å². The summed E-state index contributed by atoms with van der Waals surface area (Å²) in [6, 6.07) is 10.7. The van der Waals surface area contributed by atoms with E-state index >= 15 is 0 Å². The molecule has 2 rings (SSSR count). The van der Waals surface area contributed by atoms with Crippen LogP contribution in [-0.2, 0) is 10.0 Å². The van der Waals surface area contributed by atoms with Gasteiger partial charge in [-0.05, 0) is 30.7 Å². The summed E-state index contributed by atoms with van der Waals surface area (Å²) < 4.78 is 25.7. The van der Waals surface area contributed by atoms with E-state index in [1.54, 1.807) is 24.4 Å². The van der Waals surface area contributed by atoms with Crippen LogP contribution < -0.4 is 10.0 Å². The van der Waals surface area contributed by atoms with Gasteiger partial charge >= 0.3 is 0 Å². The summed E-state index contributed by atoms with van der Waals surface area (Å²) in [6.07, 6.45) is 2.11. The second-order valence-electron chi connectivity index (χ2n) is 4.46. The molecule has 0 aliphatic rings. The number of para-hydroxylation sites is 1. The maximum absolute atomic E-state index is 11.6. The summed E-state index contributed by atoms with van der Waals surface area (Å²) >= 11 is 6.05. The van der Waals surface area contributed by atoms with Gasteiger partial charge in [-0.15, -0.1) is 0 Å².